The number of nitrogens with one attached hydrogen (secondary N) is 2. The lowest BCUT2D eigenvalue weighted by Gasteiger charge is -2.09. The van der Waals surface area contributed by atoms with Crippen molar-refractivity contribution in [3.05, 3.63) is 24.0 Å². The Morgan fingerprint density at radius 1 is 1.27 bits per heavy atom. The molecule has 1 aromatic carbocycles. The predicted molar refractivity (Wildman–Crippen MR) is 106 cm³/mol. The highest BCUT2D eigenvalue weighted by atomic mass is 32.1. The van der Waals surface area contributed by atoms with Crippen LogP contribution in [0.1, 0.15) is 49.3 Å². The molecule has 0 saturated carbocycles. The summed E-state index contributed by atoms with van der Waals surface area (Å²) in [5, 5.41) is 16.2. The molecule has 0 saturated heterocycles. The van der Waals surface area contributed by atoms with Gasteiger partial charge in [-0.25, -0.2) is 0 Å². The van der Waals surface area contributed by atoms with E-state index in [4.69, 9.17) is 4.74 Å². The minimum Gasteiger partial charge on any atom is -0.360 e. The topological polar surface area (TPSA) is 84.8 Å². The number of hydrogen-bond donors (Lipinski definition) is 3. The molecule has 0 spiro atoms. The van der Waals surface area contributed by atoms with E-state index in [1.807, 2.05) is 29.9 Å². The van der Waals surface area contributed by atoms with E-state index in [1.54, 1.807) is 7.11 Å². The maximum atomic E-state index is 12.4. The molecule has 3 aromatic rings. The number of amides is 1. The second-order valence-electron chi connectivity index (χ2n) is 6.35. The van der Waals surface area contributed by atoms with Gasteiger partial charge in [0.25, 0.3) is 5.91 Å². The van der Waals surface area contributed by atoms with Gasteiger partial charge < -0.3 is 10.1 Å². The van der Waals surface area contributed by atoms with E-state index in [9.17, 15) is 4.79 Å². The van der Waals surface area contributed by atoms with Gasteiger partial charge in [-0.2, -0.15) is 12.6 Å². The Balaban J connectivity index is 1.74. The number of carbonyl (C=O) groups is 1. The van der Waals surface area contributed by atoms with Crippen molar-refractivity contribution < 1.29 is 9.53 Å². The van der Waals surface area contributed by atoms with E-state index >= 15 is 0 Å². The number of H-pyrrole nitrogens is 1. The summed E-state index contributed by atoms with van der Waals surface area (Å²) in [5.74, 6) is 0.743. The van der Waals surface area contributed by atoms with E-state index in [-0.39, 0.29) is 12.1 Å². The number of rotatable bonds is 9. The monoisotopic (exact) mass is 375 g/mol. The summed E-state index contributed by atoms with van der Waals surface area (Å²) in [6.07, 6.45) is 6.13. The van der Waals surface area contributed by atoms with Crippen molar-refractivity contribution in [2.75, 3.05) is 19.4 Å². The van der Waals surface area contributed by atoms with Crippen molar-refractivity contribution in [2.45, 2.75) is 38.8 Å². The van der Waals surface area contributed by atoms with Gasteiger partial charge in [-0.15, -0.1) is 10.2 Å². The molecule has 2 N–H and O–H groups in total. The number of carbonyl (C=O) groups excluding carboxylic acids is 1. The maximum absolute atomic E-state index is 12.4. The lowest BCUT2D eigenvalue weighted by atomic mass is 10.1. The van der Waals surface area contributed by atoms with Crippen LogP contribution in [0.5, 0.6) is 0 Å². The Morgan fingerprint density at radius 2 is 2.08 bits per heavy atom. The van der Waals surface area contributed by atoms with Crippen molar-refractivity contribution in [2.24, 2.45) is 0 Å². The summed E-state index contributed by atoms with van der Waals surface area (Å²) < 4.78 is 7.19. The average molecular weight is 375 g/mol. The molecule has 0 bridgehead atoms. The van der Waals surface area contributed by atoms with Gasteiger partial charge in [0, 0.05) is 30.6 Å². The smallest absolute Gasteiger partial charge is 0.272 e. The summed E-state index contributed by atoms with van der Waals surface area (Å²) in [7, 11) is 1.65. The number of fused-ring (bicyclic) bond motifs is 3. The summed E-state index contributed by atoms with van der Waals surface area (Å²) in [6, 6.07) is 3.83. The molecule has 26 heavy (non-hydrogen) atoms. The van der Waals surface area contributed by atoms with E-state index in [0.717, 1.165) is 53.2 Å². The van der Waals surface area contributed by atoms with Crippen molar-refractivity contribution in [3.8, 4) is 0 Å². The molecule has 2 heterocycles. The first kappa shape index (κ1) is 18.7. The van der Waals surface area contributed by atoms with Crippen molar-refractivity contribution >= 4 is 40.3 Å². The zero-order valence-electron chi connectivity index (χ0n) is 15.2. The number of unbranched alkanes of at least 4 members (excludes halogenated alkanes) is 3. The fourth-order valence-electron chi connectivity index (χ4n) is 2.95. The normalized spacial score (nSPS) is 12.7. The lowest BCUT2D eigenvalue weighted by Crippen LogP contribution is -2.25. The second-order valence-corrected chi connectivity index (χ2v) is 6.80. The third kappa shape index (κ3) is 3.86. The molecule has 8 heteroatoms. The molecule has 7 nitrogen and oxygen atoms in total. The second kappa shape index (κ2) is 8.55. The molecule has 3 rings (SSSR count). The SMILES string of the molecule is COC(C)n1cc2c(ccc3c(C(=O)NCCCCCCS)nnc32)[nH]1. The highest BCUT2D eigenvalue weighted by Crippen LogP contribution is 2.26. The average Bonchev–Trinajstić information content (AvgIpc) is 3.27. The van der Waals surface area contributed by atoms with Gasteiger partial charge in [-0.05, 0) is 37.7 Å². The fourth-order valence-corrected chi connectivity index (χ4v) is 3.18. The van der Waals surface area contributed by atoms with Crippen LogP contribution < -0.4 is 5.32 Å². The summed E-state index contributed by atoms with van der Waals surface area (Å²) in [6.45, 7) is 2.59. The lowest BCUT2D eigenvalue weighted by molar-refractivity contribution is 0.0507. The van der Waals surface area contributed by atoms with Crippen molar-refractivity contribution in [1.82, 2.24) is 25.3 Å². The fraction of sp³-hybridized carbons (Fsp3) is 0.500. The molecular formula is C18H25N5O2S. The number of aromatic nitrogens is 4. The van der Waals surface area contributed by atoms with Gasteiger partial charge in [0.15, 0.2) is 5.69 Å². The number of benzene rings is 1. The molecule has 1 atom stereocenters. The molecule has 0 fully saturated rings. The van der Waals surface area contributed by atoms with Crippen LogP contribution in [0, 0.1) is 0 Å². The zero-order valence-corrected chi connectivity index (χ0v) is 16.1. The summed E-state index contributed by atoms with van der Waals surface area (Å²) in [4.78, 5) is 12.4. The first-order chi connectivity index (χ1) is 12.7. The van der Waals surface area contributed by atoms with Gasteiger partial charge in [-0.1, -0.05) is 12.8 Å². The van der Waals surface area contributed by atoms with Crippen LogP contribution in [0.2, 0.25) is 0 Å². The summed E-state index contributed by atoms with van der Waals surface area (Å²) in [5.41, 5.74) is 2.03. The first-order valence-electron chi connectivity index (χ1n) is 8.93. The van der Waals surface area contributed by atoms with Crippen LogP contribution in [0.25, 0.3) is 21.8 Å². The Morgan fingerprint density at radius 3 is 2.85 bits per heavy atom. The van der Waals surface area contributed by atoms with Crippen LogP contribution in [-0.4, -0.2) is 45.3 Å². The molecule has 140 valence electrons. The Kier molecular flexibility index (Phi) is 6.16. The number of nitrogens with zero attached hydrogens (tertiary/aromatic N) is 3. The van der Waals surface area contributed by atoms with Crippen LogP contribution in [0.15, 0.2) is 18.3 Å². The number of hydrogen-bond acceptors (Lipinski definition) is 5. The molecular weight excluding hydrogens is 350 g/mol. The predicted octanol–water partition coefficient (Wildman–Crippen LogP) is 3.30. The van der Waals surface area contributed by atoms with Gasteiger partial charge >= 0.3 is 0 Å². The standard InChI is InChI=1S/C18H25N5O2S/c1-12(25-2)23-11-14-15(22-23)8-7-13-16(14)20-21-17(13)18(24)19-9-5-3-4-6-10-26/h7-8,11-12,22,26H,3-6,9-10H2,1-2H3,(H,19,24). The van der Waals surface area contributed by atoms with Crippen LogP contribution in [0.4, 0.5) is 0 Å². The third-order valence-electron chi connectivity index (χ3n) is 4.56. The quantitative estimate of drug-likeness (QED) is 0.396. The number of ether oxygens (including phenoxy) is 1. The molecule has 2 aromatic heterocycles. The zero-order chi connectivity index (χ0) is 18.5. The molecule has 0 aliphatic heterocycles. The van der Waals surface area contributed by atoms with E-state index in [1.165, 1.54) is 0 Å². The maximum Gasteiger partial charge on any atom is 0.272 e. The van der Waals surface area contributed by atoms with E-state index in [0.29, 0.717) is 12.2 Å². The van der Waals surface area contributed by atoms with Crippen LogP contribution in [-0.2, 0) is 4.74 Å². The van der Waals surface area contributed by atoms with Gasteiger partial charge in [0.1, 0.15) is 11.7 Å². The van der Waals surface area contributed by atoms with Gasteiger partial charge in [0.05, 0.1) is 5.52 Å². The molecule has 1 unspecified atom stereocenters. The van der Waals surface area contributed by atoms with Gasteiger partial charge in [-0.3, -0.25) is 14.6 Å². The molecule has 0 aliphatic rings. The third-order valence-corrected chi connectivity index (χ3v) is 4.87. The largest absolute Gasteiger partial charge is 0.360 e. The van der Waals surface area contributed by atoms with Crippen molar-refractivity contribution in [3.63, 3.8) is 0 Å². The molecule has 0 radical (unpaired) electrons. The van der Waals surface area contributed by atoms with Crippen molar-refractivity contribution in [1.29, 1.82) is 0 Å². The minimum atomic E-state index is -0.172. The van der Waals surface area contributed by atoms with E-state index in [2.05, 4.69) is 33.2 Å². The Hall–Kier alpha value is -2.06. The number of methoxy groups -OCH3 is 1. The minimum absolute atomic E-state index is 0.120. The summed E-state index contributed by atoms with van der Waals surface area (Å²) >= 11 is 4.20. The van der Waals surface area contributed by atoms with Gasteiger partial charge in [0.2, 0.25) is 0 Å². The molecule has 1 amide bonds. The van der Waals surface area contributed by atoms with Crippen LogP contribution in [0.3, 0.4) is 0 Å². The Labute approximate surface area is 157 Å². The highest BCUT2D eigenvalue weighted by Gasteiger charge is 2.17. The first-order valence-corrected chi connectivity index (χ1v) is 9.56. The van der Waals surface area contributed by atoms with Crippen LogP contribution >= 0.6 is 12.6 Å². The Bertz CT molecular complexity index is 888. The number of aromatic amines is 1. The highest BCUT2D eigenvalue weighted by molar-refractivity contribution is 7.80. The van der Waals surface area contributed by atoms with E-state index < -0.39 is 0 Å². The number of thiol groups is 1. The molecule has 0 aliphatic carbocycles.